The van der Waals surface area contributed by atoms with Crippen LogP contribution in [0.2, 0.25) is 0 Å². The standard InChI is InChI=1S/C31H59O8P/c1-3-5-6-7-8-9-10-11-12-13-14-15-16-17-18-19-20-21-22-23-24-26-31(33)39-29(28-38-40(34,35)36)27-37-30(32)25-4-2/h13-14,29H,3-12,15-28H2,1-2H3,(H2,34,35,36)/b14-13-. The van der Waals surface area contributed by atoms with E-state index in [0.29, 0.717) is 12.8 Å². The zero-order valence-corrected chi connectivity index (χ0v) is 26.4. The van der Waals surface area contributed by atoms with Crippen molar-refractivity contribution in [1.29, 1.82) is 0 Å². The monoisotopic (exact) mass is 590 g/mol. The lowest BCUT2D eigenvalue weighted by molar-refractivity contribution is -0.161. The minimum absolute atomic E-state index is 0.210. The molecule has 9 heteroatoms. The lowest BCUT2D eigenvalue weighted by Gasteiger charge is -2.18. The summed E-state index contributed by atoms with van der Waals surface area (Å²) in [7, 11) is -4.72. The van der Waals surface area contributed by atoms with Gasteiger partial charge >= 0.3 is 19.8 Å². The van der Waals surface area contributed by atoms with Gasteiger partial charge in [0.05, 0.1) is 6.61 Å². The summed E-state index contributed by atoms with van der Waals surface area (Å²) in [5.74, 6) is -0.946. The van der Waals surface area contributed by atoms with Crippen molar-refractivity contribution >= 4 is 19.8 Å². The number of carbonyl (C=O) groups is 2. The van der Waals surface area contributed by atoms with Crippen LogP contribution >= 0.6 is 7.82 Å². The van der Waals surface area contributed by atoms with Gasteiger partial charge in [-0.2, -0.15) is 0 Å². The van der Waals surface area contributed by atoms with Crippen LogP contribution in [-0.4, -0.2) is 41.0 Å². The van der Waals surface area contributed by atoms with Gasteiger partial charge in [-0.05, 0) is 38.5 Å². The van der Waals surface area contributed by atoms with Crippen molar-refractivity contribution in [1.82, 2.24) is 0 Å². The summed E-state index contributed by atoms with van der Waals surface area (Å²) in [5, 5.41) is 0. The molecule has 0 aromatic heterocycles. The van der Waals surface area contributed by atoms with Gasteiger partial charge in [0.1, 0.15) is 6.61 Å². The molecule has 0 aromatic rings. The number of hydrogen-bond donors (Lipinski definition) is 2. The van der Waals surface area contributed by atoms with Crippen LogP contribution in [0.15, 0.2) is 12.2 Å². The van der Waals surface area contributed by atoms with Gasteiger partial charge < -0.3 is 19.3 Å². The predicted octanol–water partition coefficient (Wildman–Crippen LogP) is 8.73. The molecule has 0 aromatic carbocycles. The first-order chi connectivity index (χ1) is 19.3. The van der Waals surface area contributed by atoms with E-state index in [9.17, 15) is 14.2 Å². The molecule has 0 saturated carbocycles. The van der Waals surface area contributed by atoms with Crippen molar-refractivity contribution < 1.29 is 37.9 Å². The van der Waals surface area contributed by atoms with Crippen LogP contribution in [-0.2, 0) is 28.2 Å². The topological polar surface area (TPSA) is 119 Å². The van der Waals surface area contributed by atoms with Crippen molar-refractivity contribution in [3.05, 3.63) is 12.2 Å². The molecule has 0 aliphatic rings. The number of hydrogen-bond acceptors (Lipinski definition) is 6. The minimum Gasteiger partial charge on any atom is -0.462 e. The average Bonchev–Trinajstić information content (AvgIpc) is 2.90. The van der Waals surface area contributed by atoms with E-state index in [2.05, 4.69) is 23.6 Å². The fourth-order valence-corrected chi connectivity index (χ4v) is 4.76. The fourth-order valence-electron chi connectivity index (χ4n) is 4.40. The highest BCUT2D eigenvalue weighted by Crippen LogP contribution is 2.35. The molecular formula is C31H59O8P. The molecule has 1 unspecified atom stereocenters. The SMILES string of the molecule is CCCCCCCCCC/C=C\CCCCCCCCCCCC(=O)OC(COC(=O)CCC)COP(=O)(O)O. The number of ether oxygens (including phenoxy) is 2. The zero-order chi connectivity index (χ0) is 29.7. The number of unbranched alkanes of at least 4 members (excludes halogenated alkanes) is 17. The molecule has 0 rings (SSSR count). The zero-order valence-electron chi connectivity index (χ0n) is 25.5. The third-order valence-electron chi connectivity index (χ3n) is 6.75. The van der Waals surface area contributed by atoms with Gasteiger partial charge in [0.2, 0.25) is 0 Å². The molecule has 0 spiro atoms. The second-order valence-electron chi connectivity index (χ2n) is 10.8. The highest BCUT2D eigenvalue weighted by molar-refractivity contribution is 7.46. The Labute approximate surface area is 244 Å². The molecule has 0 saturated heterocycles. The quantitative estimate of drug-likeness (QED) is 0.0384. The lowest BCUT2D eigenvalue weighted by Crippen LogP contribution is -2.29. The number of rotatable bonds is 29. The second-order valence-corrected chi connectivity index (χ2v) is 12.0. The molecule has 0 bridgehead atoms. The second kappa shape index (κ2) is 27.9. The highest BCUT2D eigenvalue weighted by Gasteiger charge is 2.22. The van der Waals surface area contributed by atoms with Gasteiger partial charge in [-0.1, -0.05) is 116 Å². The number of phosphoric acid groups is 1. The summed E-state index contributed by atoms with van der Waals surface area (Å²) < 4.78 is 25.6. The third-order valence-corrected chi connectivity index (χ3v) is 7.24. The van der Waals surface area contributed by atoms with E-state index in [4.69, 9.17) is 19.3 Å². The van der Waals surface area contributed by atoms with E-state index >= 15 is 0 Å². The van der Waals surface area contributed by atoms with Crippen molar-refractivity contribution in [3.8, 4) is 0 Å². The third kappa shape index (κ3) is 29.8. The number of allylic oxidation sites excluding steroid dienone is 2. The maximum Gasteiger partial charge on any atom is 0.469 e. The van der Waals surface area contributed by atoms with Gasteiger partial charge in [-0.3, -0.25) is 14.1 Å². The highest BCUT2D eigenvalue weighted by atomic mass is 31.2. The Bertz CT molecular complexity index is 676. The van der Waals surface area contributed by atoms with E-state index < -0.39 is 32.5 Å². The van der Waals surface area contributed by atoms with Gasteiger partial charge in [0, 0.05) is 12.8 Å². The van der Waals surface area contributed by atoms with Crippen molar-refractivity contribution in [3.63, 3.8) is 0 Å². The van der Waals surface area contributed by atoms with E-state index in [1.165, 1.54) is 96.3 Å². The fraction of sp³-hybridized carbons (Fsp3) is 0.871. The first-order valence-corrected chi connectivity index (χ1v) is 17.5. The van der Waals surface area contributed by atoms with Crippen LogP contribution < -0.4 is 0 Å². The van der Waals surface area contributed by atoms with Gasteiger partial charge in [0.15, 0.2) is 6.10 Å². The Morgan fingerprint density at radius 3 is 1.57 bits per heavy atom. The van der Waals surface area contributed by atoms with Crippen LogP contribution in [0.25, 0.3) is 0 Å². The number of carbonyl (C=O) groups excluding carboxylic acids is 2. The molecule has 236 valence electrons. The molecule has 0 heterocycles. The van der Waals surface area contributed by atoms with Crippen LogP contribution in [0.4, 0.5) is 0 Å². The van der Waals surface area contributed by atoms with Gasteiger partial charge in [0.25, 0.3) is 0 Å². The summed E-state index contributed by atoms with van der Waals surface area (Å²) in [6, 6.07) is 0. The summed E-state index contributed by atoms with van der Waals surface area (Å²) in [6.07, 6.45) is 28.3. The maximum absolute atomic E-state index is 12.1. The average molecular weight is 591 g/mol. The Hall–Kier alpha value is -1.21. The molecule has 0 aliphatic heterocycles. The van der Waals surface area contributed by atoms with E-state index in [1.54, 1.807) is 0 Å². The number of esters is 2. The smallest absolute Gasteiger partial charge is 0.462 e. The molecule has 8 nitrogen and oxygen atoms in total. The molecule has 2 N–H and O–H groups in total. The largest absolute Gasteiger partial charge is 0.469 e. The predicted molar refractivity (Wildman–Crippen MR) is 161 cm³/mol. The van der Waals surface area contributed by atoms with Crippen LogP contribution in [0.5, 0.6) is 0 Å². The Balaban J connectivity index is 3.67. The Morgan fingerprint density at radius 1 is 0.625 bits per heavy atom. The Morgan fingerprint density at radius 2 is 1.10 bits per heavy atom. The lowest BCUT2D eigenvalue weighted by atomic mass is 10.1. The van der Waals surface area contributed by atoms with Crippen molar-refractivity contribution in [2.24, 2.45) is 0 Å². The molecular weight excluding hydrogens is 531 g/mol. The van der Waals surface area contributed by atoms with Crippen LogP contribution in [0, 0.1) is 0 Å². The summed E-state index contributed by atoms with van der Waals surface area (Å²) >= 11 is 0. The summed E-state index contributed by atoms with van der Waals surface area (Å²) in [5.41, 5.74) is 0. The van der Waals surface area contributed by atoms with Gasteiger partial charge in [-0.15, -0.1) is 0 Å². The first-order valence-electron chi connectivity index (χ1n) is 16.0. The normalized spacial score (nSPS) is 12.6. The van der Waals surface area contributed by atoms with E-state index in [-0.39, 0.29) is 19.4 Å². The van der Waals surface area contributed by atoms with Gasteiger partial charge in [-0.25, -0.2) is 4.57 Å². The van der Waals surface area contributed by atoms with Crippen LogP contribution in [0.3, 0.4) is 0 Å². The molecule has 40 heavy (non-hydrogen) atoms. The Kier molecular flexibility index (Phi) is 27.1. The maximum atomic E-state index is 12.1. The van der Waals surface area contributed by atoms with Crippen molar-refractivity contribution in [2.45, 2.75) is 161 Å². The number of phosphoric ester groups is 1. The molecule has 0 radical (unpaired) electrons. The summed E-state index contributed by atoms with van der Waals surface area (Å²) in [4.78, 5) is 41.5. The van der Waals surface area contributed by atoms with E-state index in [0.717, 1.165) is 19.3 Å². The van der Waals surface area contributed by atoms with Crippen LogP contribution in [0.1, 0.15) is 155 Å². The summed E-state index contributed by atoms with van der Waals surface area (Å²) in [6.45, 7) is 3.26. The molecule has 0 aliphatic carbocycles. The minimum atomic E-state index is -4.72. The van der Waals surface area contributed by atoms with Crippen molar-refractivity contribution in [2.75, 3.05) is 13.2 Å². The molecule has 1 atom stereocenters. The van der Waals surface area contributed by atoms with E-state index in [1.807, 2.05) is 6.92 Å². The molecule has 0 fully saturated rings. The molecule has 0 amide bonds. The first kappa shape index (κ1) is 38.8.